The van der Waals surface area contributed by atoms with E-state index < -0.39 is 0 Å². The molecule has 25 heavy (non-hydrogen) atoms. The van der Waals surface area contributed by atoms with Crippen molar-refractivity contribution < 1.29 is 14.3 Å². The predicted octanol–water partition coefficient (Wildman–Crippen LogP) is 2.24. The van der Waals surface area contributed by atoms with Crippen LogP contribution in [0.1, 0.15) is 20.9 Å². The van der Waals surface area contributed by atoms with Crippen molar-refractivity contribution in [2.24, 2.45) is 0 Å². The highest BCUT2D eigenvalue weighted by Gasteiger charge is 2.16. The molecule has 0 fully saturated rings. The molecule has 7 nitrogen and oxygen atoms in total. The molecule has 0 aliphatic rings. The number of rotatable bonds is 5. The predicted molar refractivity (Wildman–Crippen MR) is 95.7 cm³/mol. The first kappa shape index (κ1) is 17.0. The number of aromatic nitrogens is 2. The Morgan fingerprint density at radius 1 is 1.32 bits per heavy atom. The zero-order chi connectivity index (χ0) is 18.0. The zero-order valence-electron chi connectivity index (χ0n) is 14.0. The number of carbonyl (C=O) groups is 1. The number of aromatic amines is 1. The summed E-state index contributed by atoms with van der Waals surface area (Å²) < 4.78 is 10.3. The van der Waals surface area contributed by atoms with Gasteiger partial charge in [0.1, 0.15) is 0 Å². The second-order valence-electron chi connectivity index (χ2n) is 5.37. The first-order valence-corrected chi connectivity index (χ1v) is 8.32. The van der Waals surface area contributed by atoms with Gasteiger partial charge in [0.2, 0.25) is 4.74 Å². The van der Waals surface area contributed by atoms with E-state index in [2.05, 4.69) is 15.5 Å². The van der Waals surface area contributed by atoms with Gasteiger partial charge in [-0.15, -0.1) is 0 Å². The van der Waals surface area contributed by atoms with E-state index >= 15 is 0 Å². The Morgan fingerprint density at radius 3 is 2.76 bits per heavy atom. The number of nitrogens with zero attached hydrogens (tertiary/aromatic N) is 1. The number of aryl methyl sites for hydroxylation is 1. The number of benzene rings is 1. The van der Waals surface area contributed by atoms with E-state index in [9.17, 15) is 9.59 Å². The summed E-state index contributed by atoms with van der Waals surface area (Å²) in [6.45, 7) is 2.22. The lowest BCUT2D eigenvalue weighted by atomic mass is 10.1. The normalized spacial score (nSPS) is 10.7. The molecule has 3 aromatic rings. The topological polar surface area (TPSA) is 93.3 Å². The Labute approximate surface area is 147 Å². The average molecular weight is 359 g/mol. The van der Waals surface area contributed by atoms with E-state index in [4.69, 9.17) is 9.47 Å². The largest absolute Gasteiger partial charge is 0.493 e. The van der Waals surface area contributed by atoms with Crippen LogP contribution in [-0.4, -0.2) is 30.3 Å². The summed E-state index contributed by atoms with van der Waals surface area (Å²) in [5.74, 6) is 0.550. The molecular formula is C17H17N3O4S. The number of amides is 1. The Hall–Kier alpha value is -2.87. The van der Waals surface area contributed by atoms with Crippen molar-refractivity contribution in [3.8, 4) is 11.5 Å². The van der Waals surface area contributed by atoms with Gasteiger partial charge in [-0.1, -0.05) is 17.4 Å². The quantitative estimate of drug-likeness (QED) is 0.729. The minimum absolute atomic E-state index is 0.252. The van der Waals surface area contributed by atoms with Crippen LogP contribution in [0.4, 0.5) is 0 Å². The molecule has 0 radical (unpaired) electrons. The van der Waals surface area contributed by atoms with Crippen LogP contribution in [-0.2, 0) is 6.54 Å². The van der Waals surface area contributed by atoms with Gasteiger partial charge in [0.15, 0.2) is 11.5 Å². The van der Waals surface area contributed by atoms with Gasteiger partial charge in [-0.2, -0.15) is 5.10 Å². The van der Waals surface area contributed by atoms with Crippen LogP contribution in [0.25, 0.3) is 10.8 Å². The van der Waals surface area contributed by atoms with Crippen molar-refractivity contribution in [1.82, 2.24) is 15.5 Å². The van der Waals surface area contributed by atoms with E-state index in [1.54, 1.807) is 24.4 Å². The third-order valence-corrected chi connectivity index (χ3v) is 4.78. The third kappa shape index (κ3) is 3.20. The van der Waals surface area contributed by atoms with Gasteiger partial charge in [-0.3, -0.25) is 14.7 Å². The van der Waals surface area contributed by atoms with Gasteiger partial charge >= 0.3 is 0 Å². The minimum Gasteiger partial charge on any atom is -0.493 e. The number of H-pyrrole nitrogens is 1. The van der Waals surface area contributed by atoms with Crippen LogP contribution < -0.4 is 19.5 Å². The van der Waals surface area contributed by atoms with Crippen LogP contribution in [0.15, 0.2) is 29.2 Å². The zero-order valence-corrected chi connectivity index (χ0v) is 14.8. The molecule has 130 valence electrons. The smallest absolute Gasteiger partial charge is 0.261 e. The molecule has 0 unspecified atom stereocenters. The standard InChI is InChI=1S/C17H17N3O4S/c1-9-11(8-19-20-9)7-18-16(21)13-6-10-4-5-12(23-2)15(24-3)14(10)17(22)25-13/h4-6,8H,7H2,1-3H3,(H,18,21)(H,19,20). The molecule has 8 heteroatoms. The lowest BCUT2D eigenvalue weighted by Crippen LogP contribution is -2.23. The van der Waals surface area contributed by atoms with Crippen LogP contribution in [0.3, 0.4) is 0 Å². The molecular weight excluding hydrogens is 342 g/mol. The number of fused-ring (bicyclic) bond motifs is 1. The molecule has 0 saturated heterocycles. The molecule has 1 aromatic carbocycles. The molecule has 1 amide bonds. The average Bonchev–Trinajstić information content (AvgIpc) is 3.03. The Balaban J connectivity index is 1.94. The van der Waals surface area contributed by atoms with E-state index in [0.717, 1.165) is 22.6 Å². The molecule has 0 aliphatic heterocycles. The highest BCUT2D eigenvalue weighted by Crippen LogP contribution is 2.34. The number of hydrogen-bond donors (Lipinski definition) is 2. The lowest BCUT2D eigenvalue weighted by molar-refractivity contribution is 0.0955. The van der Waals surface area contributed by atoms with Crippen LogP contribution in [0.2, 0.25) is 0 Å². The summed E-state index contributed by atoms with van der Waals surface area (Å²) in [5.41, 5.74) is 1.79. The van der Waals surface area contributed by atoms with E-state index in [0.29, 0.717) is 33.7 Å². The molecule has 2 N–H and O–H groups in total. The third-order valence-electron chi connectivity index (χ3n) is 3.87. The highest BCUT2D eigenvalue weighted by atomic mass is 32.1. The van der Waals surface area contributed by atoms with Gasteiger partial charge in [0, 0.05) is 17.8 Å². The molecule has 0 saturated carbocycles. The van der Waals surface area contributed by atoms with Gasteiger partial charge in [0.05, 0.1) is 30.7 Å². The van der Waals surface area contributed by atoms with Crippen LogP contribution >= 0.6 is 11.3 Å². The van der Waals surface area contributed by atoms with Crippen molar-refractivity contribution in [3.63, 3.8) is 0 Å². The van der Waals surface area contributed by atoms with Crippen molar-refractivity contribution in [2.45, 2.75) is 13.5 Å². The Bertz CT molecular complexity index is 993. The lowest BCUT2D eigenvalue weighted by Gasteiger charge is -2.10. The number of methoxy groups -OCH3 is 2. The Kier molecular flexibility index (Phi) is 4.71. The maximum atomic E-state index is 12.5. The molecule has 0 spiro atoms. The monoisotopic (exact) mass is 359 g/mol. The summed E-state index contributed by atoms with van der Waals surface area (Å²) in [7, 11) is 2.99. The van der Waals surface area contributed by atoms with E-state index in [-0.39, 0.29) is 10.6 Å². The van der Waals surface area contributed by atoms with Crippen molar-refractivity contribution in [3.05, 3.63) is 50.1 Å². The molecule has 2 heterocycles. The summed E-state index contributed by atoms with van der Waals surface area (Å²) in [4.78, 5) is 25.3. The van der Waals surface area contributed by atoms with Crippen molar-refractivity contribution in [2.75, 3.05) is 14.2 Å². The summed E-state index contributed by atoms with van der Waals surface area (Å²) >= 11 is 0.878. The second kappa shape index (κ2) is 6.94. The van der Waals surface area contributed by atoms with Gasteiger partial charge in [0.25, 0.3) is 5.91 Å². The van der Waals surface area contributed by atoms with Gasteiger partial charge < -0.3 is 14.8 Å². The van der Waals surface area contributed by atoms with Crippen LogP contribution in [0, 0.1) is 6.92 Å². The molecule has 0 aliphatic carbocycles. The molecule has 2 aromatic heterocycles. The summed E-state index contributed by atoms with van der Waals surface area (Å²) in [6, 6.07) is 5.13. The number of ether oxygens (including phenoxy) is 2. The highest BCUT2D eigenvalue weighted by molar-refractivity contribution is 7.12. The summed E-state index contributed by atoms with van der Waals surface area (Å²) in [5, 5.41) is 10.6. The number of nitrogens with one attached hydrogen (secondary N) is 2. The first-order chi connectivity index (χ1) is 12.0. The molecule has 0 atom stereocenters. The fourth-order valence-corrected chi connectivity index (χ4v) is 3.39. The molecule has 0 bridgehead atoms. The SMILES string of the molecule is COc1ccc2cc(C(=O)NCc3cn[nH]c3C)sc(=O)c2c1OC. The minimum atomic E-state index is -0.306. The first-order valence-electron chi connectivity index (χ1n) is 7.51. The van der Waals surface area contributed by atoms with Crippen molar-refractivity contribution >= 4 is 28.0 Å². The summed E-state index contributed by atoms with van der Waals surface area (Å²) in [6.07, 6.45) is 1.66. The van der Waals surface area contributed by atoms with Gasteiger partial charge in [-0.05, 0) is 24.4 Å². The second-order valence-corrected chi connectivity index (χ2v) is 6.38. The number of hydrogen-bond acceptors (Lipinski definition) is 6. The van der Waals surface area contributed by atoms with Gasteiger partial charge in [-0.25, -0.2) is 0 Å². The Morgan fingerprint density at radius 2 is 2.12 bits per heavy atom. The van der Waals surface area contributed by atoms with E-state index in [1.807, 2.05) is 6.92 Å². The van der Waals surface area contributed by atoms with Crippen molar-refractivity contribution in [1.29, 1.82) is 0 Å². The van der Waals surface area contributed by atoms with Crippen LogP contribution in [0.5, 0.6) is 11.5 Å². The fourth-order valence-electron chi connectivity index (χ4n) is 2.52. The maximum absolute atomic E-state index is 12.5. The fraction of sp³-hybridized carbons (Fsp3) is 0.235. The number of carbonyl (C=O) groups excluding carboxylic acids is 1. The maximum Gasteiger partial charge on any atom is 0.261 e. The molecule has 3 rings (SSSR count). The van der Waals surface area contributed by atoms with E-state index in [1.165, 1.54) is 14.2 Å².